The standard InChI is InChI=1S/C12H15ClO2/c1-15-12(8-14)5-4-9-2-3-11(13)6-10(9)7-12/h2-3,6,14H,4-5,7-8H2,1H3. The van der Waals surface area contributed by atoms with E-state index in [2.05, 4.69) is 6.07 Å². The van der Waals surface area contributed by atoms with Gasteiger partial charge in [-0.1, -0.05) is 17.7 Å². The molecule has 1 unspecified atom stereocenters. The van der Waals surface area contributed by atoms with Crippen LogP contribution in [0.15, 0.2) is 18.2 Å². The van der Waals surface area contributed by atoms with Gasteiger partial charge in [-0.25, -0.2) is 0 Å². The van der Waals surface area contributed by atoms with Crippen LogP contribution in [-0.4, -0.2) is 24.4 Å². The van der Waals surface area contributed by atoms with E-state index < -0.39 is 5.60 Å². The Morgan fingerprint density at radius 1 is 1.47 bits per heavy atom. The van der Waals surface area contributed by atoms with Crippen LogP contribution in [0.3, 0.4) is 0 Å². The molecule has 82 valence electrons. The summed E-state index contributed by atoms with van der Waals surface area (Å²) in [5.74, 6) is 0. The fourth-order valence-corrected chi connectivity index (χ4v) is 2.37. The Balaban J connectivity index is 2.32. The molecular formula is C12H15ClO2. The molecule has 1 N–H and O–H groups in total. The summed E-state index contributed by atoms with van der Waals surface area (Å²) in [5, 5.41) is 10.1. The van der Waals surface area contributed by atoms with Crippen molar-refractivity contribution in [3.05, 3.63) is 34.3 Å². The molecule has 1 aliphatic carbocycles. The molecule has 0 saturated heterocycles. The molecule has 0 radical (unpaired) electrons. The lowest BCUT2D eigenvalue weighted by atomic mass is 9.81. The molecule has 1 aliphatic rings. The number of methoxy groups -OCH3 is 1. The van der Waals surface area contributed by atoms with Crippen LogP contribution in [0.1, 0.15) is 17.5 Å². The highest BCUT2D eigenvalue weighted by molar-refractivity contribution is 6.30. The number of hydrogen-bond acceptors (Lipinski definition) is 2. The van der Waals surface area contributed by atoms with Crippen molar-refractivity contribution in [2.75, 3.05) is 13.7 Å². The smallest absolute Gasteiger partial charge is 0.0951 e. The number of rotatable bonds is 2. The number of fused-ring (bicyclic) bond motifs is 1. The predicted molar refractivity (Wildman–Crippen MR) is 60.3 cm³/mol. The van der Waals surface area contributed by atoms with Crippen molar-refractivity contribution in [1.29, 1.82) is 0 Å². The van der Waals surface area contributed by atoms with Crippen LogP contribution in [0, 0.1) is 0 Å². The Labute approximate surface area is 94.8 Å². The quantitative estimate of drug-likeness (QED) is 0.838. The summed E-state index contributed by atoms with van der Waals surface area (Å²) in [7, 11) is 1.66. The van der Waals surface area contributed by atoms with Crippen LogP contribution in [-0.2, 0) is 17.6 Å². The second-order valence-corrected chi connectivity index (χ2v) is 4.57. The van der Waals surface area contributed by atoms with Gasteiger partial charge in [0.2, 0.25) is 0 Å². The summed E-state index contributed by atoms with van der Waals surface area (Å²) >= 11 is 5.95. The Bertz CT molecular complexity index is 359. The number of hydrogen-bond donors (Lipinski definition) is 1. The van der Waals surface area contributed by atoms with Crippen molar-refractivity contribution < 1.29 is 9.84 Å². The molecule has 15 heavy (non-hydrogen) atoms. The average Bonchev–Trinajstić information content (AvgIpc) is 2.28. The molecule has 0 heterocycles. The van der Waals surface area contributed by atoms with Crippen molar-refractivity contribution in [1.82, 2.24) is 0 Å². The summed E-state index contributed by atoms with van der Waals surface area (Å²) in [4.78, 5) is 0. The molecule has 0 saturated carbocycles. The van der Waals surface area contributed by atoms with Crippen LogP contribution in [0.2, 0.25) is 5.02 Å². The van der Waals surface area contributed by atoms with Gasteiger partial charge in [0.1, 0.15) is 0 Å². The summed E-state index contributed by atoms with van der Waals surface area (Å²) in [5.41, 5.74) is 2.11. The Kier molecular flexibility index (Phi) is 3.01. The van der Waals surface area contributed by atoms with Crippen molar-refractivity contribution >= 4 is 11.6 Å². The minimum Gasteiger partial charge on any atom is -0.393 e. The summed E-state index contributed by atoms with van der Waals surface area (Å²) in [6, 6.07) is 5.95. The zero-order valence-corrected chi connectivity index (χ0v) is 9.55. The van der Waals surface area contributed by atoms with Gasteiger partial charge in [-0.3, -0.25) is 0 Å². The highest BCUT2D eigenvalue weighted by Gasteiger charge is 2.33. The fraction of sp³-hybridized carbons (Fsp3) is 0.500. The summed E-state index contributed by atoms with van der Waals surface area (Å²) in [6.45, 7) is 0.0649. The number of aliphatic hydroxyl groups excluding tert-OH is 1. The number of aryl methyl sites for hydroxylation is 1. The maximum absolute atomic E-state index is 9.38. The second kappa shape index (κ2) is 4.12. The molecule has 1 aromatic carbocycles. The van der Waals surface area contributed by atoms with E-state index in [-0.39, 0.29) is 6.61 Å². The van der Waals surface area contributed by atoms with Gasteiger partial charge in [0.25, 0.3) is 0 Å². The van der Waals surface area contributed by atoms with Crippen molar-refractivity contribution in [2.24, 2.45) is 0 Å². The average molecular weight is 227 g/mol. The van der Waals surface area contributed by atoms with E-state index in [9.17, 15) is 5.11 Å². The minimum absolute atomic E-state index is 0.0649. The number of aliphatic hydroxyl groups is 1. The highest BCUT2D eigenvalue weighted by Crippen LogP contribution is 2.32. The molecule has 1 aromatic rings. The van der Waals surface area contributed by atoms with Crippen LogP contribution in [0.5, 0.6) is 0 Å². The topological polar surface area (TPSA) is 29.5 Å². The van der Waals surface area contributed by atoms with Crippen LogP contribution < -0.4 is 0 Å². The largest absolute Gasteiger partial charge is 0.393 e. The van der Waals surface area contributed by atoms with Crippen LogP contribution in [0.25, 0.3) is 0 Å². The minimum atomic E-state index is -0.405. The molecule has 0 spiro atoms. The predicted octanol–water partition coefficient (Wildman–Crippen LogP) is 2.21. The fourth-order valence-electron chi connectivity index (χ4n) is 2.17. The van der Waals surface area contributed by atoms with E-state index in [4.69, 9.17) is 16.3 Å². The first-order valence-corrected chi connectivity index (χ1v) is 5.50. The SMILES string of the molecule is COC1(CO)CCc2ccc(Cl)cc2C1. The first-order valence-electron chi connectivity index (χ1n) is 5.12. The Morgan fingerprint density at radius 3 is 2.93 bits per heavy atom. The first kappa shape index (κ1) is 10.9. The van der Waals surface area contributed by atoms with Gasteiger partial charge >= 0.3 is 0 Å². The van der Waals surface area contributed by atoms with Crippen molar-refractivity contribution in [3.8, 4) is 0 Å². The molecule has 0 amide bonds. The lowest BCUT2D eigenvalue weighted by Crippen LogP contribution is -2.41. The van der Waals surface area contributed by atoms with Gasteiger partial charge in [0.05, 0.1) is 12.2 Å². The van der Waals surface area contributed by atoms with E-state index in [1.165, 1.54) is 11.1 Å². The molecule has 0 aliphatic heterocycles. The normalized spacial score (nSPS) is 25.0. The van der Waals surface area contributed by atoms with Gasteiger partial charge < -0.3 is 9.84 Å². The van der Waals surface area contributed by atoms with Crippen LogP contribution in [0.4, 0.5) is 0 Å². The third kappa shape index (κ3) is 2.03. The van der Waals surface area contributed by atoms with Crippen molar-refractivity contribution in [2.45, 2.75) is 24.9 Å². The first-order chi connectivity index (χ1) is 7.19. The molecule has 3 heteroatoms. The summed E-state index contributed by atoms with van der Waals surface area (Å²) in [6.07, 6.45) is 2.56. The third-order valence-corrected chi connectivity index (χ3v) is 3.49. The molecule has 0 bridgehead atoms. The highest BCUT2D eigenvalue weighted by atomic mass is 35.5. The van der Waals surface area contributed by atoms with Crippen molar-refractivity contribution in [3.63, 3.8) is 0 Å². The van der Waals surface area contributed by atoms with E-state index in [1.54, 1.807) is 7.11 Å². The van der Waals surface area contributed by atoms with Gasteiger partial charge in [-0.15, -0.1) is 0 Å². The van der Waals surface area contributed by atoms with Gasteiger partial charge in [-0.2, -0.15) is 0 Å². The van der Waals surface area contributed by atoms with Gasteiger partial charge in [0, 0.05) is 18.6 Å². The maximum Gasteiger partial charge on any atom is 0.0951 e. The van der Waals surface area contributed by atoms with E-state index >= 15 is 0 Å². The lowest BCUT2D eigenvalue weighted by molar-refractivity contribution is -0.0606. The second-order valence-electron chi connectivity index (χ2n) is 4.14. The molecule has 0 aromatic heterocycles. The molecule has 0 fully saturated rings. The molecular weight excluding hydrogens is 212 g/mol. The van der Waals surface area contributed by atoms with Gasteiger partial charge in [0.15, 0.2) is 0 Å². The lowest BCUT2D eigenvalue weighted by Gasteiger charge is -2.35. The Hall–Kier alpha value is -0.570. The number of halogens is 1. The monoisotopic (exact) mass is 226 g/mol. The zero-order valence-electron chi connectivity index (χ0n) is 8.79. The van der Waals surface area contributed by atoms with E-state index in [1.807, 2.05) is 12.1 Å². The molecule has 2 rings (SSSR count). The number of benzene rings is 1. The Morgan fingerprint density at radius 2 is 2.27 bits per heavy atom. The van der Waals surface area contributed by atoms with Crippen LogP contribution >= 0.6 is 11.6 Å². The molecule has 1 atom stereocenters. The zero-order chi connectivity index (χ0) is 10.9. The van der Waals surface area contributed by atoms with Gasteiger partial charge in [-0.05, 0) is 36.1 Å². The molecule has 2 nitrogen and oxygen atoms in total. The summed E-state index contributed by atoms with van der Waals surface area (Å²) < 4.78 is 5.43. The van der Waals surface area contributed by atoms with E-state index in [0.717, 1.165) is 24.3 Å². The van der Waals surface area contributed by atoms with E-state index in [0.29, 0.717) is 0 Å². The number of ether oxygens (including phenoxy) is 1. The maximum atomic E-state index is 9.38. The third-order valence-electron chi connectivity index (χ3n) is 3.25.